The minimum atomic E-state index is 0.268. The Balaban J connectivity index is 1.97. The summed E-state index contributed by atoms with van der Waals surface area (Å²) in [6, 6.07) is 0. The molecule has 0 spiro atoms. The molecule has 84 valence electrons. The Hall–Kier alpha value is -0.980. The second-order valence-corrected chi connectivity index (χ2v) is 4.72. The van der Waals surface area contributed by atoms with Gasteiger partial charge in [-0.2, -0.15) is 0 Å². The van der Waals surface area contributed by atoms with E-state index in [0.29, 0.717) is 0 Å². The fourth-order valence-electron chi connectivity index (χ4n) is 1.59. The van der Waals surface area contributed by atoms with E-state index in [4.69, 9.17) is 16.3 Å². The van der Waals surface area contributed by atoms with E-state index < -0.39 is 0 Å². The molecule has 3 rings (SSSR count). The fraction of sp³-hybridized carbons (Fsp3) is 0.444. The first-order chi connectivity index (χ1) is 7.83. The van der Waals surface area contributed by atoms with Crippen molar-refractivity contribution in [2.24, 2.45) is 0 Å². The molecule has 7 heteroatoms. The van der Waals surface area contributed by atoms with Gasteiger partial charge in [0.05, 0.1) is 19.4 Å². The molecule has 0 saturated carbocycles. The summed E-state index contributed by atoms with van der Waals surface area (Å²) in [5.74, 6) is 0. The molecule has 1 aliphatic rings. The SMILES string of the molecule is Clc1ncc2nc(N3CCOCC3)sc2n1. The third kappa shape index (κ3) is 1.83. The predicted octanol–water partition coefficient (Wildman–Crippen LogP) is 1.58. The summed E-state index contributed by atoms with van der Waals surface area (Å²) in [6.45, 7) is 3.26. The molecule has 0 atom stereocenters. The van der Waals surface area contributed by atoms with E-state index in [0.717, 1.165) is 41.8 Å². The highest BCUT2D eigenvalue weighted by atomic mass is 35.5. The van der Waals surface area contributed by atoms with Crippen LogP contribution in [0.25, 0.3) is 10.3 Å². The minimum absolute atomic E-state index is 0.268. The maximum atomic E-state index is 5.74. The number of thiazole rings is 1. The number of halogens is 1. The van der Waals surface area contributed by atoms with Crippen molar-refractivity contribution < 1.29 is 4.74 Å². The van der Waals surface area contributed by atoms with Gasteiger partial charge in [0.2, 0.25) is 5.28 Å². The lowest BCUT2D eigenvalue weighted by molar-refractivity contribution is 0.122. The van der Waals surface area contributed by atoms with E-state index in [-0.39, 0.29) is 5.28 Å². The quantitative estimate of drug-likeness (QED) is 0.725. The summed E-state index contributed by atoms with van der Waals surface area (Å²) in [6.07, 6.45) is 1.66. The first-order valence-corrected chi connectivity index (χ1v) is 6.14. The van der Waals surface area contributed by atoms with E-state index in [9.17, 15) is 0 Å². The zero-order valence-electron chi connectivity index (χ0n) is 8.39. The molecule has 0 amide bonds. The number of hydrogen-bond donors (Lipinski definition) is 0. The normalized spacial score (nSPS) is 16.9. The van der Waals surface area contributed by atoms with E-state index in [1.54, 1.807) is 17.5 Å². The van der Waals surface area contributed by atoms with Gasteiger partial charge in [-0.3, -0.25) is 0 Å². The highest BCUT2D eigenvalue weighted by Gasteiger charge is 2.16. The fourth-order valence-corrected chi connectivity index (χ4v) is 2.74. The van der Waals surface area contributed by atoms with Crippen LogP contribution in [-0.2, 0) is 4.74 Å². The van der Waals surface area contributed by atoms with Crippen molar-refractivity contribution in [2.75, 3.05) is 31.2 Å². The van der Waals surface area contributed by atoms with E-state index in [1.165, 1.54) is 0 Å². The van der Waals surface area contributed by atoms with Crippen LogP contribution in [0.3, 0.4) is 0 Å². The Labute approximate surface area is 101 Å². The minimum Gasteiger partial charge on any atom is -0.378 e. The van der Waals surface area contributed by atoms with Gasteiger partial charge in [-0.15, -0.1) is 0 Å². The Morgan fingerprint density at radius 3 is 2.94 bits per heavy atom. The maximum Gasteiger partial charge on any atom is 0.223 e. The van der Waals surface area contributed by atoms with Crippen LogP contribution in [0.5, 0.6) is 0 Å². The van der Waals surface area contributed by atoms with Gasteiger partial charge in [0.1, 0.15) is 10.3 Å². The number of fused-ring (bicyclic) bond motifs is 1. The number of morpholine rings is 1. The van der Waals surface area contributed by atoms with Gasteiger partial charge < -0.3 is 9.64 Å². The summed E-state index contributed by atoms with van der Waals surface area (Å²) < 4.78 is 5.30. The zero-order valence-corrected chi connectivity index (χ0v) is 9.96. The molecule has 0 aliphatic carbocycles. The van der Waals surface area contributed by atoms with Crippen molar-refractivity contribution in [3.63, 3.8) is 0 Å². The second-order valence-electron chi connectivity index (χ2n) is 3.43. The molecular weight excluding hydrogens is 248 g/mol. The molecule has 0 unspecified atom stereocenters. The lowest BCUT2D eigenvalue weighted by atomic mass is 10.5. The van der Waals surface area contributed by atoms with Gasteiger partial charge in [0.25, 0.3) is 0 Å². The Morgan fingerprint density at radius 2 is 2.12 bits per heavy atom. The van der Waals surface area contributed by atoms with Crippen LogP contribution in [0.2, 0.25) is 5.28 Å². The van der Waals surface area contributed by atoms with Crippen LogP contribution in [0, 0.1) is 0 Å². The number of ether oxygens (including phenoxy) is 1. The average molecular weight is 257 g/mol. The van der Waals surface area contributed by atoms with Crippen molar-refractivity contribution in [1.82, 2.24) is 15.0 Å². The Morgan fingerprint density at radius 1 is 1.31 bits per heavy atom. The van der Waals surface area contributed by atoms with Crippen LogP contribution in [-0.4, -0.2) is 41.3 Å². The summed E-state index contributed by atoms with van der Waals surface area (Å²) in [5, 5.41) is 1.24. The van der Waals surface area contributed by atoms with Gasteiger partial charge in [-0.05, 0) is 11.6 Å². The van der Waals surface area contributed by atoms with Crippen LogP contribution >= 0.6 is 22.9 Å². The van der Waals surface area contributed by atoms with Crippen molar-refractivity contribution in [3.05, 3.63) is 11.5 Å². The lowest BCUT2D eigenvalue weighted by Gasteiger charge is -2.25. The first kappa shape index (κ1) is 10.2. The van der Waals surface area contributed by atoms with Crippen LogP contribution < -0.4 is 4.90 Å². The monoisotopic (exact) mass is 256 g/mol. The Bertz CT molecular complexity index is 511. The summed E-state index contributed by atoms with van der Waals surface area (Å²) >= 11 is 7.28. The van der Waals surface area contributed by atoms with E-state index in [1.807, 2.05) is 0 Å². The number of rotatable bonds is 1. The second kappa shape index (κ2) is 4.12. The molecule has 0 N–H and O–H groups in total. The molecular formula is C9H9ClN4OS. The number of nitrogens with zero attached hydrogens (tertiary/aromatic N) is 4. The number of aromatic nitrogens is 3. The third-order valence-electron chi connectivity index (χ3n) is 2.39. The molecule has 0 aromatic carbocycles. The molecule has 2 aromatic rings. The highest BCUT2D eigenvalue weighted by molar-refractivity contribution is 7.21. The van der Waals surface area contributed by atoms with Gasteiger partial charge in [0, 0.05) is 13.1 Å². The van der Waals surface area contributed by atoms with Crippen molar-refractivity contribution in [2.45, 2.75) is 0 Å². The van der Waals surface area contributed by atoms with Crippen LogP contribution in [0.4, 0.5) is 5.13 Å². The first-order valence-electron chi connectivity index (χ1n) is 4.95. The topological polar surface area (TPSA) is 51.1 Å². The van der Waals surface area contributed by atoms with Crippen molar-refractivity contribution in [3.8, 4) is 0 Å². The largest absolute Gasteiger partial charge is 0.378 e. The molecule has 5 nitrogen and oxygen atoms in total. The molecule has 1 aliphatic heterocycles. The molecule has 0 bridgehead atoms. The number of hydrogen-bond acceptors (Lipinski definition) is 6. The Kier molecular flexibility index (Phi) is 2.62. The molecule has 16 heavy (non-hydrogen) atoms. The van der Waals surface area contributed by atoms with Crippen molar-refractivity contribution >= 4 is 38.4 Å². The van der Waals surface area contributed by atoms with Gasteiger partial charge in [-0.25, -0.2) is 15.0 Å². The average Bonchev–Trinajstić information content (AvgIpc) is 2.73. The van der Waals surface area contributed by atoms with Crippen LogP contribution in [0.15, 0.2) is 6.20 Å². The van der Waals surface area contributed by atoms with E-state index in [2.05, 4.69) is 19.9 Å². The standard InChI is InChI=1S/C9H9ClN4OS/c10-8-11-5-6-7(13-8)16-9(12-6)14-1-3-15-4-2-14/h5H,1-4H2. The smallest absolute Gasteiger partial charge is 0.223 e. The van der Waals surface area contributed by atoms with Gasteiger partial charge >= 0.3 is 0 Å². The molecule has 1 fully saturated rings. The molecule has 1 saturated heterocycles. The maximum absolute atomic E-state index is 5.74. The summed E-state index contributed by atoms with van der Waals surface area (Å²) in [5.41, 5.74) is 0.802. The van der Waals surface area contributed by atoms with Crippen LogP contribution in [0.1, 0.15) is 0 Å². The zero-order chi connectivity index (χ0) is 11.0. The highest BCUT2D eigenvalue weighted by Crippen LogP contribution is 2.27. The molecule has 2 aromatic heterocycles. The predicted molar refractivity (Wildman–Crippen MR) is 63.3 cm³/mol. The van der Waals surface area contributed by atoms with E-state index >= 15 is 0 Å². The number of anilines is 1. The summed E-state index contributed by atoms with van der Waals surface area (Å²) in [7, 11) is 0. The third-order valence-corrected chi connectivity index (χ3v) is 3.60. The van der Waals surface area contributed by atoms with Gasteiger partial charge in [0.15, 0.2) is 5.13 Å². The van der Waals surface area contributed by atoms with Gasteiger partial charge in [-0.1, -0.05) is 11.3 Å². The summed E-state index contributed by atoms with van der Waals surface area (Å²) in [4.78, 5) is 15.6. The molecule has 0 radical (unpaired) electrons. The lowest BCUT2D eigenvalue weighted by Crippen LogP contribution is -2.36. The van der Waals surface area contributed by atoms with Crippen molar-refractivity contribution in [1.29, 1.82) is 0 Å². The molecule has 3 heterocycles.